The summed E-state index contributed by atoms with van der Waals surface area (Å²) in [7, 11) is 1.36. The lowest BCUT2D eigenvalue weighted by Crippen LogP contribution is -2.26. The first-order chi connectivity index (χ1) is 15.6. The van der Waals surface area contributed by atoms with Gasteiger partial charge in [0.1, 0.15) is 0 Å². The second-order valence-electron chi connectivity index (χ2n) is 10.2. The van der Waals surface area contributed by atoms with E-state index in [4.69, 9.17) is 4.74 Å². The largest absolute Gasteiger partial charge is 0.494 e. The van der Waals surface area contributed by atoms with Crippen molar-refractivity contribution in [1.29, 1.82) is 0 Å². The van der Waals surface area contributed by atoms with Gasteiger partial charge < -0.3 is 4.74 Å². The van der Waals surface area contributed by atoms with Gasteiger partial charge in [0.25, 0.3) is 0 Å². The summed E-state index contributed by atoms with van der Waals surface area (Å²) < 4.78 is 33.5. The molecule has 3 heteroatoms. The van der Waals surface area contributed by atoms with Crippen LogP contribution in [-0.2, 0) is 6.42 Å². The predicted octanol–water partition coefficient (Wildman–Crippen LogP) is 8.64. The van der Waals surface area contributed by atoms with E-state index < -0.39 is 11.6 Å². The van der Waals surface area contributed by atoms with Gasteiger partial charge in [-0.25, -0.2) is 4.39 Å². The van der Waals surface area contributed by atoms with Crippen LogP contribution in [0, 0.1) is 35.3 Å². The van der Waals surface area contributed by atoms with Crippen LogP contribution in [0.4, 0.5) is 8.78 Å². The number of ether oxygens (including phenoxy) is 1. The fraction of sp³-hybridized carbons (Fsp3) is 0.586. The molecule has 4 rings (SSSR count). The van der Waals surface area contributed by atoms with E-state index in [-0.39, 0.29) is 5.75 Å². The summed E-state index contributed by atoms with van der Waals surface area (Å²) in [5.74, 6) is 1.84. The molecule has 1 nitrogen and oxygen atoms in total. The molecule has 2 aliphatic carbocycles. The molecule has 174 valence electrons. The monoisotopic (exact) mass is 440 g/mol. The number of fused-ring (bicyclic) bond motifs is 1. The zero-order chi connectivity index (χ0) is 22.5. The first kappa shape index (κ1) is 23.3. The number of hydrogen-bond acceptors (Lipinski definition) is 1. The Morgan fingerprint density at radius 2 is 1.50 bits per heavy atom. The molecule has 0 radical (unpaired) electrons. The highest BCUT2D eigenvalue weighted by Gasteiger charge is 2.30. The summed E-state index contributed by atoms with van der Waals surface area (Å²) >= 11 is 0. The molecule has 2 fully saturated rings. The number of benzene rings is 2. The van der Waals surface area contributed by atoms with Gasteiger partial charge in [-0.1, -0.05) is 43.9 Å². The summed E-state index contributed by atoms with van der Waals surface area (Å²) in [5.41, 5.74) is 1.10. The predicted molar refractivity (Wildman–Crippen MR) is 129 cm³/mol. The number of aryl methyl sites for hydroxylation is 1. The Labute approximate surface area is 192 Å². The van der Waals surface area contributed by atoms with Crippen molar-refractivity contribution in [2.75, 3.05) is 7.11 Å². The van der Waals surface area contributed by atoms with Crippen LogP contribution in [0.5, 0.6) is 5.75 Å². The van der Waals surface area contributed by atoms with Crippen molar-refractivity contribution in [1.82, 2.24) is 0 Å². The lowest BCUT2D eigenvalue weighted by Gasteiger charge is -2.38. The Morgan fingerprint density at radius 3 is 2.09 bits per heavy atom. The SMILES string of the molecule is C=CCCC1CCC(C2CCC(CCc3ccc4cc(OC)c(F)c(F)c4c3)CC2)CC1. The minimum absolute atomic E-state index is 0.0373. The second kappa shape index (κ2) is 10.8. The summed E-state index contributed by atoms with van der Waals surface area (Å²) in [4.78, 5) is 0. The van der Waals surface area contributed by atoms with E-state index in [1.165, 1.54) is 71.3 Å². The average Bonchev–Trinajstić information content (AvgIpc) is 2.84. The quantitative estimate of drug-likeness (QED) is 0.373. The molecule has 0 aliphatic heterocycles. The van der Waals surface area contributed by atoms with Gasteiger partial charge in [0.15, 0.2) is 11.6 Å². The third-order valence-electron chi connectivity index (χ3n) is 8.34. The number of methoxy groups -OCH3 is 1. The maximum atomic E-state index is 14.5. The van der Waals surface area contributed by atoms with Crippen LogP contribution in [0.3, 0.4) is 0 Å². The standard InChI is InChI=1S/C29H38F2O/c1-3-4-5-20-8-13-23(14-9-20)24-15-10-21(11-16-24)6-7-22-12-17-25-19-27(32-2)29(31)28(30)26(25)18-22/h3,12,17-21,23-24H,1,4-11,13-16H2,2H3. The van der Waals surface area contributed by atoms with Crippen molar-refractivity contribution in [3.05, 3.63) is 54.1 Å². The van der Waals surface area contributed by atoms with Gasteiger partial charge in [-0.15, -0.1) is 6.58 Å². The minimum Gasteiger partial charge on any atom is -0.494 e. The van der Waals surface area contributed by atoms with Crippen LogP contribution >= 0.6 is 0 Å². The van der Waals surface area contributed by atoms with Gasteiger partial charge in [0.2, 0.25) is 5.82 Å². The Hall–Kier alpha value is -1.90. The lowest BCUT2D eigenvalue weighted by atomic mass is 9.68. The van der Waals surface area contributed by atoms with Gasteiger partial charge in [0, 0.05) is 5.39 Å². The third-order valence-corrected chi connectivity index (χ3v) is 8.34. The molecule has 0 aromatic heterocycles. The second-order valence-corrected chi connectivity index (χ2v) is 10.2. The number of hydrogen-bond donors (Lipinski definition) is 0. The number of halogens is 2. The molecular formula is C29H38F2O. The molecule has 32 heavy (non-hydrogen) atoms. The highest BCUT2D eigenvalue weighted by molar-refractivity contribution is 5.85. The molecule has 2 aromatic carbocycles. The number of allylic oxidation sites excluding steroid dienone is 1. The van der Waals surface area contributed by atoms with Crippen LogP contribution < -0.4 is 4.74 Å². The van der Waals surface area contributed by atoms with Crippen molar-refractivity contribution in [3.8, 4) is 5.75 Å². The Kier molecular flexibility index (Phi) is 7.86. The summed E-state index contributed by atoms with van der Waals surface area (Å²) in [6.45, 7) is 3.87. The van der Waals surface area contributed by atoms with Gasteiger partial charge in [0.05, 0.1) is 7.11 Å². The van der Waals surface area contributed by atoms with Gasteiger partial charge >= 0.3 is 0 Å². The zero-order valence-corrected chi connectivity index (χ0v) is 19.6. The van der Waals surface area contributed by atoms with Crippen LogP contribution in [-0.4, -0.2) is 7.11 Å². The lowest BCUT2D eigenvalue weighted by molar-refractivity contribution is 0.141. The van der Waals surface area contributed by atoms with Crippen molar-refractivity contribution >= 4 is 10.8 Å². The highest BCUT2D eigenvalue weighted by Crippen LogP contribution is 2.43. The molecule has 0 heterocycles. The molecule has 0 amide bonds. The number of rotatable bonds is 8. The summed E-state index contributed by atoms with van der Waals surface area (Å²) in [6.07, 6.45) is 17.8. The maximum absolute atomic E-state index is 14.5. The first-order valence-electron chi connectivity index (χ1n) is 12.6. The fourth-order valence-corrected chi connectivity index (χ4v) is 6.28. The van der Waals surface area contributed by atoms with Gasteiger partial charge in [-0.2, -0.15) is 4.39 Å². The Bertz CT molecular complexity index is 905. The molecular weight excluding hydrogens is 402 g/mol. The molecule has 0 bridgehead atoms. The maximum Gasteiger partial charge on any atom is 0.201 e. The normalized spacial score (nSPS) is 26.2. The van der Waals surface area contributed by atoms with E-state index in [1.54, 1.807) is 6.07 Å². The summed E-state index contributed by atoms with van der Waals surface area (Å²) in [5, 5.41) is 1.04. The van der Waals surface area contributed by atoms with E-state index in [2.05, 4.69) is 18.7 Å². The molecule has 2 aromatic rings. The van der Waals surface area contributed by atoms with E-state index in [1.807, 2.05) is 12.1 Å². The van der Waals surface area contributed by atoms with E-state index in [0.717, 1.165) is 42.1 Å². The molecule has 0 saturated heterocycles. The topological polar surface area (TPSA) is 9.23 Å². The molecule has 0 N–H and O–H groups in total. The molecule has 0 atom stereocenters. The Morgan fingerprint density at radius 1 is 0.875 bits per heavy atom. The van der Waals surface area contributed by atoms with Crippen LogP contribution in [0.25, 0.3) is 10.8 Å². The highest BCUT2D eigenvalue weighted by atomic mass is 19.2. The van der Waals surface area contributed by atoms with E-state index in [9.17, 15) is 8.78 Å². The van der Waals surface area contributed by atoms with Crippen molar-refractivity contribution in [2.24, 2.45) is 23.7 Å². The van der Waals surface area contributed by atoms with Gasteiger partial charge in [-0.05, 0) is 98.1 Å². The molecule has 0 spiro atoms. The van der Waals surface area contributed by atoms with E-state index >= 15 is 0 Å². The minimum atomic E-state index is -0.898. The van der Waals surface area contributed by atoms with Crippen LogP contribution in [0.2, 0.25) is 0 Å². The molecule has 2 aliphatic rings. The Balaban J connectivity index is 1.26. The van der Waals surface area contributed by atoms with Crippen LogP contribution in [0.1, 0.15) is 76.2 Å². The van der Waals surface area contributed by atoms with E-state index in [0.29, 0.717) is 10.8 Å². The molecule has 2 saturated carbocycles. The van der Waals surface area contributed by atoms with Crippen LogP contribution in [0.15, 0.2) is 36.9 Å². The zero-order valence-electron chi connectivity index (χ0n) is 19.6. The van der Waals surface area contributed by atoms with Crippen molar-refractivity contribution in [3.63, 3.8) is 0 Å². The summed E-state index contributed by atoms with van der Waals surface area (Å²) in [6, 6.07) is 7.34. The van der Waals surface area contributed by atoms with Gasteiger partial charge in [-0.3, -0.25) is 0 Å². The van der Waals surface area contributed by atoms with Crippen molar-refractivity contribution in [2.45, 2.75) is 77.0 Å². The smallest absolute Gasteiger partial charge is 0.201 e. The third kappa shape index (κ3) is 5.35. The first-order valence-corrected chi connectivity index (χ1v) is 12.6. The fourth-order valence-electron chi connectivity index (χ4n) is 6.28. The molecule has 0 unspecified atom stereocenters. The van der Waals surface area contributed by atoms with Crippen molar-refractivity contribution < 1.29 is 13.5 Å². The average molecular weight is 441 g/mol.